The normalized spacial score (nSPS) is 19.8. The summed E-state index contributed by atoms with van der Waals surface area (Å²) in [7, 11) is 0. The Morgan fingerprint density at radius 2 is 1.90 bits per heavy atom. The number of rotatable bonds is 8. The number of para-hydroxylation sites is 1. The van der Waals surface area contributed by atoms with E-state index in [4.69, 9.17) is 5.41 Å². The highest BCUT2D eigenvalue weighted by Crippen LogP contribution is 2.20. The predicted octanol–water partition coefficient (Wildman–Crippen LogP) is 0.968. The van der Waals surface area contributed by atoms with Crippen molar-refractivity contribution in [1.29, 1.82) is 5.41 Å². The van der Waals surface area contributed by atoms with E-state index in [2.05, 4.69) is 16.0 Å². The second kappa shape index (κ2) is 10.9. The number of nitrogens with two attached hydrogens (primary N) is 1. The average molecular weight is 426 g/mol. The molecule has 2 amide bonds. The van der Waals surface area contributed by atoms with Gasteiger partial charge in [-0.05, 0) is 38.4 Å². The van der Waals surface area contributed by atoms with Gasteiger partial charge in [-0.2, -0.15) is 13.2 Å². The number of alkyl halides is 3. The molecule has 1 aliphatic heterocycles. The topological polar surface area (TPSA) is 111 Å². The highest BCUT2D eigenvalue weighted by Gasteiger charge is 2.39. The van der Waals surface area contributed by atoms with E-state index >= 15 is 0 Å². The molecule has 2 atom stereocenters. The van der Waals surface area contributed by atoms with Crippen LogP contribution in [0.25, 0.3) is 0 Å². The molecule has 1 aromatic rings. The fourth-order valence-corrected chi connectivity index (χ4v) is 3.14. The zero-order valence-corrected chi connectivity index (χ0v) is 16.7. The summed E-state index contributed by atoms with van der Waals surface area (Å²) in [5.74, 6) is -1.27. The molecule has 1 saturated heterocycles. The fraction of sp³-hybridized carbons (Fsp3) is 0.450. The molecule has 6 N–H and O–H groups in total. The minimum Gasteiger partial charge on any atom is -0.354 e. The van der Waals surface area contributed by atoms with Crippen LogP contribution in [0.2, 0.25) is 0 Å². The first-order valence-electron chi connectivity index (χ1n) is 9.74. The van der Waals surface area contributed by atoms with Crippen LogP contribution >= 0.6 is 0 Å². The lowest BCUT2D eigenvalue weighted by atomic mass is 9.92. The van der Waals surface area contributed by atoms with Crippen LogP contribution in [0.4, 0.5) is 18.9 Å². The Hall–Kier alpha value is -2.72. The van der Waals surface area contributed by atoms with Crippen LogP contribution in [0.1, 0.15) is 19.8 Å². The molecular weight excluding hydrogens is 399 g/mol. The van der Waals surface area contributed by atoms with E-state index < -0.39 is 23.4 Å². The molecule has 0 saturated carbocycles. The smallest absolute Gasteiger partial charge is 0.354 e. The van der Waals surface area contributed by atoms with Crippen molar-refractivity contribution >= 4 is 23.2 Å². The van der Waals surface area contributed by atoms with Gasteiger partial charge in [-0.25, -0.2) is 0 Å². The van der Waals surface area contributed by atoms with Crippen LogP contribution in [0.3, 0.4) is 0 Å². The molecule has 30 heavy (non-hydrogen) atoms. The number of halogens is 3. The fourth-order valence-electron chi connectivity index (χ4n) is 3.14. The molecule has 0 radical (unpaired) electrons. The highest BCUT2D eigenvalue weighted by atomic mass is 19.4. The van der Waals surface area contributed by atoms with Crippen molar-refractivity contribution in [2.75, 3.05) is 19.6 Å². The second-order valence-electron chi connectivity index (χ2n) is 7.15. The van der Waals surface area contributed by atoms with Crippen LogP contribution in [-0.2, 0) is 9.59 Å². The summed E-state index contributed by atoms with van der Waals surface area (Å²) in [6.07, 6.45) is -2.54. The highest BCUT2D eigenvalue weighted by molar-refractivity contribution is 6.22. The van der Waals surface area contributed by atoms with Gasteiger partial charge in [-0.1, -0.05) is 18.2 Å². The lowest BCUT2D eigenvalue weighted by Gasteiger charge is -2.27. The first-order chi connectivity index (χ1) is 14.2. The monoisotopic (exact) mass is 426 g/mol. The van der Waals surface area contributed by atoms with Crippen molar-refractivity contribution in [1.82, 2.24) is 16.0 Å². The number of hydrogen-bond acceptors (Lipinski definition) is 4. The molecule has 0 aromatic heterocycles. The van der Waals surface area contributed by atoms with Gasteiger partial charge in [0, 0.05) is 25.0 Å². The third-order valence-electron chi connectivity index (χ3n) is 4.74. The summed E-state index contributed by atoms with van der Waals surface area (Å²) in [5, 5.41) is 17.0. The average Bonchev–Trinajstić information content (AvgIpc) is 2.71. The molecule has 1 heterocycles. The van der Waals surface area contributed by atoms with Gasteiger partial charge in [0.25, 0.3) is 5.91 Å². The standard InChI is InChI=1S/C20H26F3N5O2/c1-13-11-14(7-8-25-13)18(29)26-9-10-27-19(30)16(17(24)20(21,22)23)12-28-15-5-3-2-4-6-15/h2-6,12-14,24-25,28H,7-11H2,1H3,(H,26,29)(H,27,30)/p+1/b16-12+,24-17?. The molecule has 0 bridgehead atoms. The van der Waals surface area contributed by atoms with Gasteiger partial charge in [0.05, 0.1) is 0 Å². The zero-order chi connectivity index (χ0) is 22.1. The Morgan fingerprint density at radius 1 is 1.23 bits per heavy atom. The number of carbonyl (C=O) groups is 2. The lowest BCUT2D eigenvalue weighted by molar-refractivity contribution is -0.496. The number of hydrogen-bond donors (Lipinski definition) is 5. The van der Waals surface area contributed by atoms with Crippen LogP contribution in [0.15, 0.2) is 42.1 Å². The molecular formula is C20H27F3N5O2+. The van der Waals surface area contributed by atoms with E-state index in [1.54, 1.807) is 30.3 Å². The summed E-state index contributed by atoms with van der Waals surface area (Å²) in [6.45, 7) is 2.80. The summed E-state index contributed by atoms with van der Waals surface area (Å²) < 4.78 is 39.0. The van der Waals surface area contributed by atoms with E-state index in [1.165, 1.54) is 5.32 Å². The van der Waals surface area contributed by atoms with Crippen LogP contribution in [0.5, 0.6) is 0 Å². The molecule has 1 aromatic carbocycles. The minimum atomic E-state index is -4.95. The Labute approximate surface area is 173 Å². The van der Waals surface area contributed by atoms with E-state index in [0.29, 0.717) is 18.5 Å². The molecule has 0 spiro atoms. The Morgan fingerprint density at radius 3 is 2.53 bits per heavy atom. The van der Waals surface area contributed by atoms with Crippen LogP contribution in [-0.4, -0.2) is 49.4 Å². The van der Waals surface area contributed by atoms with E-state index in [1.807, 2.05) is 6.92 Å². The van der Waals surface area contributed by atoms with Crippen LogP contribution < -0.4 is 21.3 Å². The largest absolute Gasteiger partial charge is 0.433 e. The van der Waals surface area contributed by atoms with E-state index in [9.17, 15) is 22.8 Å². The molecule has 2 rings (SSSR count). The third-order valence-corrected chi connectivity index (χ3v) is 4.74. The summed E-state index contributed by atoms with van der Waals surface area (Å²) in [5.41, 5.74) is -1.91. The van der Waals surface area contributed by atoms with Gasteiger partial charge in [-0.15, -0.1) is 0 Å². The van der Waals surface area contributed by atoms with Gasteiger partial charge in [-0.3, -0.25) is 20.3 Å². The molecule has 7 nitrogen and oxygen atoms in total. The predicted molar refractivity (Wildman–Crippen MR) is 106 cm³/mol. The quantitative estimate of drug-likeness (QED) is 0.185. The third kappa shape index (κ3) is 7.27. The maximum atomic E-state index is 13.0. The maximum absolute atomic E-state index is 13.0. The van der Waals surface area contributed by atoms with Gasteiger partial charge in [0.15, 0.2) is 5.71 Å². The summed E-state index contributed by atoms with van der Waals surface area (Å²) in [6, 6.07) is 8.75. The number of benzene rings is 1. The van der Waals surface area contributed by atoms with Crippen molar-refractivity contribution in [2.45, 2.75) is 32.0 Å². The van der Waals surface area contributed by atoms with Gasteiger partial charge < -0.3 is 16.0 Å². The van der Waals surface area contributed by atoms with Crippen molar-refractivity contribution in [3.63, 3.8) is 0 Å². The number of piperidine rings is 1. The van der Waals surface area contributed by atoms with E-state index in [-0.39, 0.29) is 31.0 Å². The molecule has 1 aliphatic rings. The second-order valence-corrected chi connectivity index (χ2v) is 7.15. The summed E-state index contributed by atoms with van der Waals surface area (Å²) in [4.78, 5) is 24.5. The van der Waals surface area contributed by atoms with Crippen molar-refractivity contribution in [2.24, 2.45) is 5.92 Å². The molecule has 10 heteroatoms. The number of nitrogens with one attached hydrogen (secondary N) is 4. The van der Waals surface area contributed by atoms with Crippen molar-refractivity contribution in [3.05, 3.63) is 42.1 Å². The molecule has 0 aliphatic carbocycles. The Bertz CT molecular complexity index is 780. The SMILES string of the molecule is CC1CC(C(=O)NCCNC(=O)/C(=C/[NH2+]c2ccccc2)C(=N)C(F)(F)F)CCN1. The van der Waals surface area contributed by atoms with Crippen molar-refractivity contribution in [3.8, 4) is 0 Å². The molecule has 2 unspecified atom stereocenters. The van der Waals surface area contributed by atoms with Gasteiger partial charge in [0.2, 0.25) is 5.91 Å². The first-order valence-corrected chi connectivity index (χ1v) is 9.74. The maximum Gasteiger partial charge on any atom is 0.433 e. The Balaban J connectivity index is 1.90. The van der Waals surface area contributed by atoms with Gasteiger partial charge in [0.1, 0.15) is 17.5 Å². The minimum absolute atomic E-state index is 0.0427. The Kier molecular flexibility index (Phi) is 8.55. The van der Waals surface area contributed by atoms with Crippen LogP contribution in [0, 0.1) is 11.3 Å². The number of quaternary nitrogens is 1. The zero-order valence-electron chi connectivity index (χ0n) is 16.7. The molecule has 164 valence electrons. The summed E-state index contributed by atoms with van der Waals surface area (Å²) >= 11 is 0. The molecule has 1 fully saturated rings. The first kappa shape index (κ1) is 23.6. The van der Waals surface area contributed by atoms with E-state index in [0.717, 1.165) is 12.7 Å². The van der Waals surface area contributed by atoms with Gasteiger partial charge >= 0.3 is 6.18 Å². The van der Waals surface area contributed by atoms with Crippen molar-refractivity contribution < 1.29 is 28.1 Å². The number of carbonyl (C=O) groups excluding carboxylic acids is 2. The number of amides is 2. The lowest BCUT2D eigenvalue weighted by Crippen LogP contribution is -2.72.